The first-order valence-corrected chi connectivity index (χ1v) is 12.8. The van der Waals surface area contributed by atoms with E-state index in [1.165, 1.54) is 35.6 Å². The largest absolute Gasteiger partial charge is 0.486 e. The van der Waals surface area contributed by atoms with E-state index >= 15 is 0 Å². The maximum absolute atomic E-state index is 13.0. The van der Waals surface area contributed by atoms with Gasteiger partial charge in [0, 0.05) is 19.1 Å². The van der Waals surface area contributed by atoms with Gasteiger partial charge in [0.05, 0.1) is 10.6 Å². The van der Waals surface area contributed by atoms with Gasteiger partial charge in [0.1, 0.15) is 28.1 Å². The van der Waals surface area contributed by atoms with E-state index in [1.807, 2.05) is 0 Å². The van der Waals surface area contributed by atoms with Crippen LogP contribution in [0.4, 0.5) is 4.39 Å². The number of piperidine rings is 1. The van der Waals surface area contributed by atoms with Crippen LogP contribution in [0.3, 0.4) is 0 Å². The van der Waals surface area contributed by atoms with E-state index in [4.69, 9.17) is 4.74 Å². The fraction of sp³-hybridized carbons (Fsp3) is 0.304. The van der Waals surface area contributed by atoms with Crippen LogP contribution < -0.4 is 9.46 Å². The monoisotopic (exact) mass is 489 g/mol. The van der Waals surface area contributed by atoms with Gasteiger partial charge in [-0.25, -0.2) is 22.5 Å². The van der Waals surface area contributed by atoms with E-state index in [0.29, 0.717) is 47.3 Å². The summed E-state index contributed by atoms with van der Waals surface area (Å²) in [5, 5.41) is 0.658. The van der Waals surface area contributed by atoms with Crippen LogP contribution in [-0.2, 0) is 16.6 Å². The van der Waals surface area contributed by atoms with E-state index in [9.17, 15) is 17.6 Å². The van der Waals surface area contributed by atoms with Gasteiger partial charge in [0.2, 0.25) is 10.0 Å². The zero-order valence-electron chi connectivity index (χ0n) is 18.0. The van der Waals surface area contributed by atoms with Crippen molar-refractivity contribution in [2.75, 3.05) is 13.1 Å². The van der Waals surface area contributed by atoms with Crippen LogP contribution in [0.15, 0.2) is 59.5 Å². The third-order valence-corrected chi connectivity index (χ3v) is 8.02. The Morgan fingerprint density at radius 1 is 1.15 bits per heavy atom. The maximum atomic E-state index is 13.0. The van der Waals surface area contributed by atoms with E-state index in [0.717, 1.165) is 0 Å². The number of benzene rings is 2. The second-order valence-corrected chi connectivity index (χ2v) is 10.6. The molecule has 1 aromatic heterocycles. The van der Waals surface area contributed by atoms with Crippen molar-refractivity contribution in [2.45, 2.75) is 37.3 Å². The van der Waals surface area contributed by atoms with Crippen LogP contribution in [0.25, 0.3) is 0 Å². The summed E-state index contributed by atoms with van der Waals surface area (Å²) in [5.74, 6) is 0.0801. The lowest BCUT2D eigenvalue weighted by molar-refractivity contribution is 0.0715. The number of hydrogen-bond donors (Lipinski definition) is 1. The summed E-state index contributed by atoms with van der Waals surface area (Å²) < 4.78 is 46.5. The number of carbonyl (C=O) groups is 1. The van der Waals surface area contributed by atoms with Crippen molar-refractivity contribution in [3.8, 4) is 5.75 Å². The predicted molar refractivity (Wildman–Crippen MR) is 123 cm³/mol. The van der Waals surface area contributed by atoms with Crippen molar-refractivity contribution in [3.05, 3.63) is 76.0 Å². The topological polar surface area (TPSA) is 88.6 Å². The number of aromatic nitrogens is 1. The summed E-state index contributed by atoms with van der Waals surface area (Å²) in [6, 6.07) is 13.8. The summed E-state index contributed by atoms with van der Waals surface area (Å²) in [7, 11) is -3.58. The van der Waals surface area contributed by atoms with Crippen molar-refractivity contribution in [3.63, 3.8) is 0 Å². The first kappa shape index (κ1) is 23.3. The molecule has 0 unspecified atom stereocenters. The Kier molecular flexibility index (Phi) is 7.06. The van der Waals surface area contributed by atoms with Crippen molar-refractivity contribution < 1.29 is 22.3 Å². The number of amides is 1. The molecule has 0 atom stereocenters. The molecule has 1 N–H and O–H groups in total. The highest BCUT2D eigenvalue weighted by molar-refractivity contribution is 7.89. The standard InChI is InChI=1S/C23H24FN3O4S2/c1-16-22(32-21(25-16)15-31-19-9-7-17(24)8-10-19)23(28)27-13-11-18(12-14-27)26-33(29,30)20-5-3-2-4-6-20/h2-10,18,26H,11-15H2,1H3. The number of thiazole rings is 1. The average molecular weight is 490 g/mol. The molecule has 0 aliphatic carbocycles. The number of aryl methyl sites for hydroxylation is 1. The van der Waals surface area contributed by atoms with Gasteiger partial charge in [0.25, 0.3) is 5.91 Å². The normalized spacial score (nSPS) is 14.9. The number of rotatable bonds is 7. The number of nitrogens with zero attached hydrogens (tertiary/aromatic N) is 2. The van der Waals surface area contributed by atoms with Crippen LogP contribution in [0, 0.1) is 12.7 Å². The van der Waals surface area contributed by atoms with Crippen LogP contribution in [-0.4, -0.2) is 43.3 Å². The van der Waals surface area contributed by atoms with Crippen LogP contribution in [0.5, 0.6) is 5.75 Å². The SMILES string of the molecule is Cc1nc(COc2ccc(F)cc2)sc1C(=O)N1CCC(NS(=O)(=O)c2ccccc2)CC1. The van der Waals surface area contributed by atoms with Gasteiger partial charge >= 0.3 is 0 Å². The molecule has 1 aliphatic heterocycles. The molecule has 174 valence electrons. The van der Waals surface area contributed by atoms with Crippen LogP contribution in [0.2, 0.25) is 0 Å². The third-order valence-electron chi connectivity index (χ3n) is 5.37. The van der Waals surface area contributed by atoms with E-state index in [-0.39, 0.29) is 29.3 Å². The molecule has 2 aromatic carbocycles. The average Bonchev–Trinajstić information content (AvgIpc) is 3.19. The quantitative estimate of drug-likeness (QED) is 0.546. The van der Waals surface area contributed by atoms with Gasteiger partial charge in [-0.1, -0.05) is 18.2 Å². The molecule has 10 heteroatoms. The Labute approximate surface area is 196 Å². The molecule has 7 nitrogen and oxygen atoms in total. The van der Waals surface area contributed by atoms with Gasteiger partial charge in [-0.3, -0.25) is 4.79 Å². The van der Waals surface area contributed by atoms with Gasteiger partial charge in [-0.05, 0) is 56.2 Å². The van der Waals surface area contributed by atoms with E-state index < -0.39 is 10.0 Å². The number of ether oxygens (including phenoxy) is 1. The van der Waals surface area contributed by atoms with E-state index in [2.05, 4.69) is 9.71 Å². The minimum Gasteiger partial charge on any atom is -0.486 e. The molecular formula is C23H24FN3O4S2. The Balaban J connectivity index is 1.32. The Bertz CT molecular complexity index is 1210. The molecule has 1 aliphatic rings. The fourth-order valence-corrected chi connectivity index (χ4v) is 5.89. The molecule has 1 saturated heterocycles. The van der Waals surface area contributed by atoms with Gasteiger partial charge in [-0.15, -0.1) is 11.3 Å². The number of sulfonamides is 1. The molecule has 1 fully saturated rings. The van der Waals surface area contributed by atoms with Crippen molar-refractivity contribution in [1.82, 2.24) is 14.6 Å². The molecule has 4 rings (SSSR count). The maximum Gasteiger partial charge on any atom is 0.265 e. The third kappa shape index (κ3) is 5.76. The Morgan fingerprint density at radius 3 is 2.48 bits per heavy atom. The van der Waals surface area contributed by atoms with Crippen LogP contribution in [0.1, 0.15) is 33.2 Å². The highest BCUT2D eigenvalue weighted by Gasteiger charge is 2.29. The fourth-order valence-electron chi connectivity index (χ4n) is 3.62. The molecule has 0 spiro atoms. The lowest BCUT2D eigenvalue weighted by atomic mass is 10.1. The lowest BCUT2D eigenvalue weighted by Crippen LogP contribution is -2.46. The van der Waals surface area contributed by atoms with Crippen molar-refractivity contribution in [2.24, 2.45) is 0 Å². The van der Waals surface area contributed by atoms with Crippen molar-refractivity contribution >= 4 is 27.3 Å². The first-order valence-electron chi connectivity index (χ1n) is 10.5. The Hall–Kier alpha value is -2.82. The zero-order valence-corrected chi connectivity index (χ0v) is 19.7. The number of halogens is 1. The number of likely N-dealkylation sites (tertiary alicyclic amines) is 1. The lowest BCUT2D eigenvalue weighted by Gasteiger charge is -2.32. The summed E-state index contributed by atoms with van der Waals surface area (Å²) in [5.41, 5.74) is 0.634. The Morgan fingerprint density at radius 2 is 1.82 bits per heavy atom. The number of carbonyl (C=O) groups excluding carboxylic acids is 1. The number of hydrogen-bond acceptors (Lipinski definition) is 6. The van der Waals surface area contributed by atoms with E-state index in [1.54, 1.807) is 42.2 Å². The second-order valence-electron chi connectivity index (χ2n) is 7.77. The molecule has 2 heterocycles. The van der Waals surface area contributed by atoms with Gasteiger partial charge < -0.3 is 9.64 Å². The van der Waals surface area contributed by atoms with Crippen LogP contribution >= 0.6 is 11.3 Å². The summed E-state index contributed by atoms with van der Waals surface area (Å²) in [6.45, 7) is 2.89. The molecule has 3 aromatic rings. The minimum atomic E-state index is -3.58. The smallest absolute Gasteiger partial charge is 0.265 e. The first-order chi connectivity index (χ1) is 15.8. The zero-order chi connectivity index (χ0) is 23.4. The number of nitrogens with one attached hydrogen (secondary N) is 1. The summed E-state index contributed by atoms with van der Waals surface area (Å²) >= 11 is 1.28. The second kappa shape index (κ2) is 9.98. The minimum absolute atomic E-state index is 0.109. The predicted octanol–water partition coefficient (Wildman–Crippen LogP) is 3.75. The molecule has 33 heavy (non-hydrogen) atoms. The highest BCUT2D eigenvalue weighted by atomic mass is 32.2. The summed E-state index contributed by atoms with van der Waals surface area (Å²) in [6.07, 6.45) is 1.08. The molecule has 0 bridgehead atoms. The van der Waals surface area contributed by atoms with Gasteiger partial charge in [0.15, 0.2) is 0 Å². The highest BCUT2D eigenvalue weighted by Crippen LogP contribution is 2.24. The summed E-state index contributed by atoms with van der Waals surface area (Å²) in [4.78, 5) is 20.0. The van der Waals surface area contributed by atoms with Gasteiger partial charge in [-0.2, -0.15) is 0 Å². The molecule has 1 amide bonds. The van der Waals surface area contributed by atoms with Crippen molar-refractivity contribution in [1.29, 1.82) is 0 Å². The molecule has 0 radical (unpaired) electrons. The molecular weight excluding hydrogens is 465 g/mol. The molecule has 0 saturated carbocycles.